The smallest absolute Gasteiger partial charge is 0.293 e. The molecule has 0 radical (unpaired) electrons. The number of ether oxygens (including phenoxy) is 1. The summed E-state index contributed by atoms with van der Waals surface area (Å²) >= 11 is 0. The number of nitrogens with zero attached hydrogens (tertiary/aromatic N) is 2. The number of nitrogens with one attached hydrogen (secondary N) is 1. The predicted molar refractivity (Wildman–Crippen MR) is 106 cm³/mol. The van der Waals surface area contributed by atoms with Crippen molar-refractivity contribution >= 4 is 17.3 Å². The first-order valence-electron chi connectivity index (χ1n) is 9.54. The van der Waals surface area contributed by atoms with Crippen LogP contribution in [-0.4, -0.2) is 48.6 Å². The van der Waals surface area contributed by atoms with Crippen LogP contribution in [0.1, 0.15) is 28.8 Å². The average Bonchev–Trinajstić information content (AvgIpc) is 3.54. The molecule has 2 aliphatic rings. The molecule has 0 bridgehead atoms. The summed E-state index contributed by atoms with van der Waals surface area (Å²) in [4.78, 5) is 25.5. The number of nitro benzene ring substituents is 1. The highest BCUT2D eigenvalue weighted by Gasteiger charge is 2.44. The van der Waals surface area contributed by atoms with Crippen LogP contribution in [0.25, 0.3) is 0 Å². The van der Waals surface area contributed by atoms with Crippen molar-refractivity contribution in [2.45, 2.75) is 18.3 Å². The highest BCUT2D eigenvalue weighted by atomic mass is 16.6. The van der Waals surface area contributed by atoms with Gasteiger partial charge in [-0.15, -0.1) is 0 Å². The Labute approximate surface area is 163 Å². The number of rotatable bonds is 6. The minimum absolute atomic E-state index is 0.0391. The van der Waals surface area contributed by atoms with E-state index in [1.54, 1.807) is 17.0 Å². The van der Waals surface area contributed by atoms with Crippen molar-refractivity contribution in [1.29, 1.82) is 0 Å². The van der Waals surface area contributed by atoms with Crippen molar-refractivity contribution in [2.24, 2.45) is 0 Å². The Hall–Kier alpha value is -2.93. The number of carbonyl (C=O) groups excluding carboxylic acids is 1. The molecule has 0 spiro atoms. The van der Waals surface area contributed by atoms with E-state index in [-0.39, 0.29) is 17.0 Å². The van der Waals surface area contributed by atoms with Crippen LogP contribution < -0.4 is 5.32 Å². The van der Waals surface area contributed by atoms with Gasteiger partial charge in [0.05, 0.1) is 18.1 Å². The number of hydrogen-bond acceptors (Lipinski definition) is 5. The molecule has 1 aliphatic heterocycles. The second-order valence-electron chi connectivity index (χ2n) is 7.39. The zero-order valence-electron chi connectivity index (χ0n) is 15.6. The van der Waals surface area contributed by atoms with Gasteiger partial charge in [0.2, 0.25) is 0 Å². The molecule has 1 N–H and O–H groups in total. The van der Waals surface area contributed by atoms with E-state index in [9.17, 15) is 14.9 Å². The van der Waals surface area contributed by atoms with Gasteiger partial charge in [-0.25, -0.2) is 0 Å². The monoisotopic (exact) mass is 381 g/mol. The number of anilines is 1. The fourth-order valence-corrected chi connectivity index (χ4v) is 3.69. The van der Waals surface area contributed by atoms with Gasteiger partial charge in [0.25, 0.3) is 11.6 Å². The molecule has 2 aromatic rings. The van der Waals surface area contributed by atoms with Crippen LogP contribution in [0.4, 0.5) is 11.4 Å². The molecule has 1 saturated carbocycles. The lowest BCUT2D eigenvalue weighted by molar-refractivity contribution is -0.384. The largest absolute Gasteiger partial charge is 0.379 e. The molecule has 4 rings (SSSR count). The third-order valence-corrected chi connectivity index (χ3v) is 5.60. The molecule has 1 amide bonds. The third kappa shape index (κ3) is 3.71. The van der Waals surface area contributed by atoms with Gasteiger partial charge in [0.15, 0.2) is 0 Å². The minimum Gasteiger partial charge on any atom is -0.379 e. The molecule has 0 aromatic heterocycles. The van der Waals surface area contributed by atoms with E-state index in [2.05, 4.69) is 17.4 Å². The van der Waals surface area contributed by atoms with E-state index < -0.39 is 4.92 Å². The Balaban J connectivity index is 1.51. The lowest BCUT2D eigenvalue weighted by Gasteiger charge is -2.27. The number of benzene rings is 2. The first-order chi connectivity index (χ1) is 13.6. The number of amides is 1. The van der Waals surface area contributed by atoms with Crippen LogP contribution in [0, 0.1) is 10.1 Å². The van der Waals surface area contributed by atoms with Gasteiger partial charge < -0.3 is 15.0 Å². The van der Waals surface area contributed by atoms with E-state index in [0.717, 1.165) is 12.8 Å². The van der Waals surface area contributed by atoms with Crippen LogP contribution in [0.5, 0.6) is 0 Å². The van der Waals surface area contributed by atoms with E-state index >= 15 is 0 Å². The summed E-state index contributed by atoms with van der Waals surface area (Å²) in [5.74, 6) is -0.194. The van der Waals surface area contributed by atoms with Crippen molar-refractivity contribution < 1.29 is 14.5 Å². The van der Waals surface area contributed by atoms with Crippen molar-refractivity contribution in [1.82, 2.24) is 4.90 Å². The summed E-state index contributed by atoms with van der Waals surface area (Å²) in [5, 5.41) is 14.9. The molecule has 2 aromatic carbocycles. The molecule has 1 saturated heterocycles. The number of hydrogen-bond donors (Lipinski definition) is 1. The molecule has 1 heterocycles. The Morgan fingerprint density at radius 2 is 1.86 bits per heavy atom. The number of morpholine rings is 1. The average molecular weight is 381 g/mol. The molecule has 1 aliphatic carbocycles. The van der Waals surface area contributed by atoms with E-state index in [1.165, 1.54) is 11.6 Å². The summed E-state index contributed by atoms with van der Waals surface area (Å²) in [6, 6.07) is 14.9. The molecular formula is C21H23N3O4. The van der Waals surface area contributed by atoms with Gasteiger partial charge in [0.1, 0.15) is 5.69 Å². The quantitative estimate of drug-likeness (QED) is 0.613. The molecule has 2 fully saturated rings. The first kappa shape index (κ1) is 18.4. The molecule has 28 heavy (non-hydrogen) atoms. The summed E-state index contributed by atoms with van der Waals surface area (Å²) in [5.41, 5.74) is 2.01. The van der Waals surface area contributed by atoms with Gasteiger partial charge in [-0.3, -0.25) is 14.9 Å². The third-order valence-electron chi connectivity index (χ3n) is 5.60. The fraction of sp³-hybridized carbons (Fsp3) is 0.381. The first-order valence-corrected chi connectivity index (χ1v) is 9.54. The van der Waals surface area contributed by atoms with E-state index in [4.69, 9.17) is 4.74 Å². The Kier molecular flexibility index (Phi) is 5.00. The highest BCUT2D eigenvalue weighted by Crippen LogP contribution is 2.48. The van der Waals surface area contributed by atoms with Crippen LogP contribution in [0.15, 0.2) is 48.5 Å². The maximum absolute atomic E-state index is 12.6. The van der Waals surface area contributed by atoms with Crippen LogP contribution in [0.3, 0.4) is 0 Å². The van der Waals surface area contributed by atoms with Crippen LogP contribution in [0.2, 0.25) is 0 Å². The number of nitro groups is 1. The van der Waals surface area contributed by atoms with Gasteiger partial charge >= 0.3 is 0 Å². The zero-order valence-corrected chi connectivity index (χ0v) is 15.6. The van der Waals surface area contributed by atoms with Gasteiger partial charge in [-0.05, 0) is 30.5 Å². The molecule has 7 heteroatoms. The summed E-state index contributed by atoms with van der Waals surface area (Å²) < 4.78 is 5.26. The van der Waals surface area contributed by atoms with Gasteiger partial charge in [0, 0.05) is 36.7 Å². The molecule has 7 nitrogen and oxygen atoms in total. The summed E-state index contributed by atoms with van der Waals surface area (Å²) in [7, 11) is 0. The topological polar surface area (TPSA) is 84.7 Å². The Morgan fingerprint density at radius 1 is 1.14 bits per heavy atom. The standard InChI is InChI=1S/C21H23N3O4/c25-20(23-10-12-28-13-11-23)16-6-7-18(19(14-16)24(26)27)22-15-21(8-9-21)17-4-2-1-3-5-17/h1-7,14,22H,8-13,15H2. The molecule has 146 valence electrons. The second-order valence-corrected chi connectivity index (χ2v) is 7.39. The fourth-order valence-electron chi connectivity index (χ4n) is 3.69. The zero-order chi connectivity index (χ0) is 19.6. The van der Waals surface area contributed by atoms with Crippen LogP contribution >= 0.6 is 0 Å². The van der Waals surface area contributed by atoms with Gasteiger partial charge in [-0.2, -0.15) is 0 Å². The SMILES string of the molecule is O=C(c1ccc(NCC2(c3ccccc3)CC2)c([N+](=O)[O-])c1)N1CCOCC1. The van der Waals surface area contributed by atoms with Crippen molar-refractivity contribution in [3.8, 4) is 0 Å². The lowest BCUT2D eigenvalue weighted by Crippen LogP contribution is -2.40. The highest BCUT2D eigenvalue weighted by molar-refractivity contribution is 5.95. The van der Waals surface area contributed by atoms with Crippen molar-refractivity contribution in [3.05, 3.63) is 69.8 Å². The van der Waals surface area contributed by atoms with Crippen molar-refractivity contribution in [3.63, 3.8) is 0 Å². The van der Waals surface area contributed by atoms with Crippen molar-refractivity contribution in [2.75, 3.05) is 38.2 Å². The molecular weight excluding hydrogens is 358 g/mol. The van der Waals surface area contributed by atoms with Crippen LogP contribution in [-0.2, 0) is 10.2 Å². The normalized spacial score (nSPS) is 17.8. The maximum Gasteiger partial charge on any atom is 0.293 e. The predicted octanol–water partition coefficient (Wildman–Crippen LogP) is 3.21. The van der Waals surface area contributed by atoms with E-state index in [0.29, 0.717) is 44.1 Å². The van der Waals surface area contributed by atoms with E-state index in [1.807, 2.05) is 18.2 Å². The molecule has 0 unspecified atom stereocenters. The second kappa shape index (κ2) is 7.59. The minimum atomic E-state index is -0.430. The Morgan fingerprint density at radius 3 is 2.50 bits per heavy atom. The summed E-state index contributed by atoms with van der Waals surface area (Å²) in [6.07, 6.45) is 2.12. The maximum atomic E-state index is 12.6. The van der Waals surface area contributed by atoms with Gasteiger partial charge in [-0.1, -0.05) is 30.3 Å². The Bertz CT molecular complexity index is 874. The lowest BCUT2D eigenvalue weighted by atomic mass is 9.96. The summed E-state index contributed by atoms with van der Waals surface area (Å²) in [6.45, 7) is 2.64. The molecule has 0 atom stereocenters. The number of carbonyl (C=O) groups is 1.